The van der Waals surface area contributed by atoms with Gasteiger partial charge < -0.3 is 10.6 Å². The van der Waals surface area contributed by atoms with Gasteiger partial charge in [0, 0.05) is 18.7 Å². The Morgan fingerprint density at radius 1 is 1.57 bits per heavy atom. The Morgan fingerprint density at radius 3 is 3.14 bits per heavy atom. The molecule has 3 rings (SSSR count). The third kappa shape index (κ3) is 3.14. The lowest BCUT2D eigenvalue weighted by Crippen LogP contribution is -2.24. The first-order valence-corrected chi connectivity index (χ1v) is 7.98. The highest BCUT2D eigenvalue weighted by atomic mass is 32.1. The van der Waals surface area contributed by atoms with Gasteiger partial charge in [-0.05, 0) is 38.8 Å². The zero-order valence-electron chi connectivity index (χ0n) is 11.9. The SMILES string of the molecule is Cc1nc2cc(NCC[C@H]3CCCN3)c([N+](=O)[O-])cc2s1. The molecule has 1 aliphatic heterocycles. The van der Waals surface area contributed by atoms with Crippen LogP contribution in [0.5, 0.6) is 0 Å². The van der Waals surface area contributed by atoms with Gasteiger partial charge in [0.2, 0.25) is 0 Å². The summed E-state index contributed by atoms with van der Waals surface area (Å²) in [6, 6.07) is 3.94. The van der Waals surface area contributed by atoms with E-state index in [2.05, 4.69) is 15.6 Å². The molecule has 0 aliphatic carbocycles. The smallest absolute Gasteiger partial charge is 0.293 e. The number of anilines is 1. The molecule has 2 heterocycles. The van der Waals surface area contributed by atoms with Crippen molar-refractivity contribution in [3.8, 4) is 0 Å². The molecule has 1 aromatic heterocycles. The van der Waals surface area contributed by atoms with Crippen molar-refractivity contribution in [2.45, 2.75) is 32.2 Å². The van der Waals surface area contributed by atoms with Crippen LogP contribution in [0.3, 0.4) is 0 Å². The van der Waals surface area contributed by atoms with Gasteiger partial charge in [0.1, 0.15) is 5.69 Å². The predicted octanol–water partition coefficient (Wildman–Crippen LogP) is 3.07. The van der Waals surface area contributed by atoms with E-state index in [0.29, 0.717) is 11.7 Å². The van der Waals surface area contributed by atoms with E-state index in [4.69, 9.17) is 0 Å². The van der Waals surface area contributed by atoms with Crippen molar-refractivity contribution in [1.82, 2.24) is 10.3 Å². The Morgan fingerprint density at radius 2 is 2.43 bits per heavy atom. The van der Waals surface area contributed by atoms with Crippen LogP contribution in [0.4, 0.5) is 11.4 Å². The molecule has 2 N–H and O–H groups in total. The van der Waals surface area contributed by atoms with E-state index in [1.54, 1.807) is 12.1 Å². The summed E-state index contributed by atoms with van der Waals surface area (Å²) in [5.41, 5.74) is 1.52. The van der Waals surface area contributed by atoms with Crippen LogP contribution < -0.4 is 10.6 Å². The van der Waals surface area contributed by atoms with Gasteiger partial charge >= 0.3 is 0 Å². The standard InChI is InChI=1S/C14H18N4O2S/c1-9-17-12-7-11(13(18(19)20)8-14(12)21-9)16-6-4-10-3-2-5-15-10/h7-8,10,15-16H,2-6H2,1H3/t10-/m1/s1. The molecule has 0 radical (unpaired) electrons. The number of nitrogens with zero attached hydrogens (tertiary/aromatic N) is 2. The quantitative estimate of drug-likeness (QED) is 0.655. The Kier molecular flexibility index (Phi) is 4.03. The highest BCUT2D eigenvalue weighted by Crippen LogP contribution is 2.33. The highest BCUT2D eigenvalue weighted by Gasteiger charge is 2.18. The molecule has 7 heteroatoms. The van der Waals surface area contributed by atoms with Crippen LogP contribution in [0.2, 0.25) is 0 Å². The van der Waals surface area contributed by atoms with Gasteiger partial charge in [0.15, 0.2) is 0 Å². The van der Waals surface area contributed by atoms with Crippen LogP contribution in [0.1, 0.15) is 24.3 Å². The maximum Gasteiger partial charge on any atom is 0.293 e. The second kappa shape index (κ2) is 5.95. The largest absolute Gasteiger partial charge is 0.379 e. The Bertz CT molecular complexity index is 664. The Balaban J connectivity index is 1.78. The minimum Gasteiger partial charge on any atom is -0.379 e. The molecule has 1 aromatic carbocycles. The van der Waals surface area contributed by atoms with Crippen LogP contribution in [-0.4, -0.2) is 29.0 Å². The molecule has 1 atom stereocenters. The number of hydrogen-bond donors (Lipinski definition) is 2. The van der Waals surface area contributed by atoms with Gasteiger partial charge in [-0.15, -0.1) is 11.3 Å². The van der Waals surface area contributed by atoms with E-state index >= 15 is 0 Å². The number of hydrogen-bond acceptors (Lipinski definition) is 6. The molecule has 1 saturated heterocycles. The number of nitro groups is 1. The van der Waals surface area contributed by atoms with Gasteiger partial charge in [0.25, 0.3) is 5.69 Å². The minimum absolute atomic E-state index is 0.130. The van der Waals surface area contributed by atoms with Crippen molar-refractivity contribution in [2.75, 3.05) is 18.4 Å². The van der Waals surface area contributed by atoms with E-state index in [9.17, 15) is 10.1 Å². The average molecular weight is 306 g/mol. The Labute approximate surface area is 126 Å². The summed E-state index contributed by atoms with van der Waals surface area (Å²) < 4.78 is 0.863. The first-order chi connectivity index (χ1) is 10.1. The van der Waals surface area contributed by atoms with Crippen LogP contribution in [0.25, 0.3) is 10.2 Å². The number of rotatable bonds is 5. The zero-order valence-corrected chi connectivity index (χ0v) is 12.7. The van der Waals surface area contributed by atoms with Gasteiger partial charge in [-0.2, -0.15) is 0 Å². The van der Waals surface area contributed by atoms with Crippen LogP contribution >= 0.6 is 11.3 Å². The highest BCUT2D eigenvalue weighted by molar-refractivity contribution is 7.18. The van der Waals surface area contributed by atoms with Gasteiger partial charge in [0.05, 0.1) is 20.1 Å². The summed E-state index contributed by atoms with van der Waals surface area (Å²) in [6.07, 6.45) is 3.38. The second-order valence-electron chi connectivity index (χ2n) is 5.34. The average Bonchev–Trinajstić information content (AvgIpc) is 3.05. The van der Waals surface area contributed by atoms with Crippen molar-refractivity contribution < 1.29 is 4.92 Å². The summed E-state index contributed by atoms with van der Waals surface area (Å²) in [5, 5.41) is 18.8. The van der Waals surface area contributed by atoms with Crippen molar-refractivity contribution in [3.63, 3.8) is 0 Å². The number of aromatic nitrogens is 1. The summed E-state index contributed by atoms with van der Waals surface area (Å²) >= 11 is 1.48. The van der Waals surface area contributed by atoms with Crippen molar-refractivity contribution in [2.24, 2.45) is 0 Å². The maximum atomic E-state index is 11.2. The fraction of sp³-hybridized carbons (Fsp3) is 0.500. The van der Waals surface area contributed by atoms with E-state index < -0.39 is 0 Å². The molecule has 1 fully saturated rings. The van der Waals surface area contributed by atoms with Crippen LogP contribution in [0.15, 0.2) is 12.1 Å². The van der Waals surface area contributed by atoms with Crippen LogP contribution in [0, 0.1) is 17.0 Å². The third-order valence-corrected chi connectivity index (χ3v) is 4.71. The molecule has 21 heavy (non-hydrogen) atoms. The minimum atomic E-state index is -0.329. The lowest BCUT2D eigenvalue weighted by atomic mass is 10.1. The summed E-state index contributed by atoms with van der Waals surface area (Å²) in [7, 11) is 0. The first kappa shape index (κ1) is 14.2. The maximum absolute atomic E-state index is 11.2. The second-order valence-corrected chi connectivity index (χ2v) is 6.57. The van der Waals surface area contributed by atoms with Gasteiger partial charge in [-0.3, -0.25) is 10.1 Å². The lowest BCUT2D eigenvalue weighted by Gasteiger charge is -2.11. The third-order valence-electron chi connectivity index (χ3n) is 3.78. The van der Waals surface area contributed by atoms with Crippen LogP contribution in [-0.2, 0) is 0 Å². The molecule has 112 valence electrons. The topological polar surface area (TPSA) is 80.1 Å². The van der Waals surface area contributed by atoms with Crippen molar-refractivity contribution >= 4 is 32.9 Å². The Hall–Kier alpha value is -1.73. The van der Waals surface area contributed by atoms with E-state index in [0.717, 1.165) is 34.7 Å². The molecular formula is C14H18N4O2S. The lowest BCUT2D eigenvalue weighted by molar-refractivity contribution is -0.383. The molecule has 6 nitrogen and oxygen atoms in total. The van der Waals surface area contributed by atoms with Gasteiger partial charge in [-0.25, -0.2) is 4.98 Å². The van der Waals surface area contributed by atoms with E-state index in [1.165, 1.54) is 24.2 Å². The number of benzene rings is 1. The fourth-order valence-electron chi connectivity index (χ4n) is 2.76. The molecule has 0 amide bonds. The van der Waals surface area contributed by atoms with Crippen molar-refractivity contribution in [1.29, 1.82) is 0 Å². The number of nitro benzene ring substituents is 1. The normalized spacial score (nSPS) is 18.2. The summed E-state index contributed by atoms with van der Waals surface area (Å²) in [4.78, 5) is 15.3. The van der Waals surface area contributed by atoms with E-state index in [-0.39, 0.29) is 10.6 Å². The number of fused-ring (bicyclic) bond motifs is 1. The van der Waals surface area contributed by atoms with Crippen molar-refractivity contribution in [3.05, 3.63) is 27.3 Å². The monoisotopic (exact) mass is 306 g/mol. The molecule has 0 spiro atoms. The summed E-state index contributed by atoms with van der Waals surface area (Å²) in [5.74, 6) is 0. The van der Waals surface area contributed by atoms with Gasteiger partial charge in [-0.1, -0.05) is 0 Å². The molecule has 0 saturated carbocycles. The fourth-order valence-corrected chi connectivity index (χ4v) is 3.60. The number of aryl methyl sites for hydroxylation is 1. The zero-order chi connectivity index (χ0) is 14.8. The molecule has 1 aliphatic rings. The molecule has 0 bridgehead atoms. The molecule has 0 unspecified atom stereocenters. The predicted molar refractivity (Wildman–Crippen MR) is 85.1 cm³/mol. The van der Waals surface area contributed by atoms with E-state index in [1.807, 2.05) is 6.92 Å². The summed E-state index contributed by atoms with van der Waals surface area (Å²) in [6.45, 7) is 3.72. The molecular weight excluding hydrogens is 288 g/mol. The molecule has 2 aromatic rings. The number of thiazole rings is 1. The number of nitrogens with one attached hydrogen (secondary N) is 2. The first-order valence-electron chi connectivity index (χ1n) is 7.16.